The summed E-state index contributed by atoms with van der Waals surface area (Å²) in [6.45, 7) is 0.502. The van der Waals surface area contributed by atoms with E-state index in [1.807, 2.05) is 0 Å². The lowest BCUT2D eigenvalue weighted by atomic mass is 9.90. The summed E-state index contributed by atoms with van der Waals surface area (Å²) >= 11 is 0. The molecule has 0 N–H and O–H groups in total. The van der Waals surface area contributed by atoms with Crippen LogP contribution < -0.4 is 0 Å². The maximum atomic E-state index is 13.9. The number of alkyl halides is 5. The van der Waals surface area contributed by atoms with Gasteiger partial charge in [-0.1, -0.05) is 0 Å². The van der Waals surface area contributed by atoms with Gasteiger partial charge >= 0.3 is 23.6 Å². The Labute approximate surface area is 98.0 Å². The highest BCUT2D eigenvalue weighted by molar-refractivity contribution is 5.83. The molecule has 0 aromatic heterocycles. The molecule has 104 valence electrons. The quantitative estimate of drug-likeness (QED) is 0.440. The standard InChI is InChI=1S/C9H9F6NO2/c1-3-18-6(17)7(11)8(12,13)5(10)4-16(2)9(7,14)15/h4H,3H2,1-2H3/t7-/m1/s1. The molecule has 0 saturated carbocycles. The number of rotatable bonds is 2. The summed E-state index contributed by atoms with van der Waals surface area (Å²) in [6.07, 6.45) is -0.267. The van der Waals surface area contributed by atoms with Crippen LogP contribution in [0.1, 0.15) is 6.92 Å². The van der Waals surface area contributed by atoms with Crippen LogP contribution in [0.4, 0.5) is 26.3 Å². The first kappa shape index (κ1) is 14.7. The third-order valence-corrected chi connectivity index (χ3v) is 2.45. The highest BCUT2D eigenvalue weighted by atomic mass is 19.3. The van der Waals surface area contributed by atoms with Gasteiger partial charge in [0.2, 0.25) is 0 Å². The lowest BCUT2D eigenvalue weighted by Crippen LogP contribution is -2.69. The Bertz CT molecular complexity index is 397. The minimum absolute atomic E-state index is 0.267. The van der Waals surface area contributed by atoms with Crippen LogP contribution in [0.3, 0.4) is 0 Å². The van der Waals surface area contributed by atoms with Crippen LogP contribution in [0.25, 0.3) is 0 Å². The third kappa shape index (κ3) is 1.56. The van der Waals surface area contributed by atoms with Crippen LogP contribution in [0.15, 0.2) is 12.0 Å². The predicted octanol–water partition coefficient (Wildman–Crippen LogP) is 2.24. The largest absolute Gasteiger partial charge is 0.463 e. The van der Waals surface area contributed by atoms with Gasteiger partial charge in [0.25, 0.3) is 0 Å². The zero-order valence-corrected chi connectivity index (χ0v) is 9.32. The lowest BCUT2D eigenvalue weighted by Gasteiger charge is -2.43. The molecule has 0 radical (unpaired) electrons. The highest BCUT2D eigenvalue weighted by Gasteiger charge is 2.81. The molecule has 1 atom stereocenters. The number of hydrogen-bond donors (Lipinski definition) is 0. The summed E-state index contributed by atoms with van der Waals surface area (Å²) in [6, 6.07) is -4.95. The molecule has 0 aliphatic carbocycles. The molecule has 9 heteroatoms. The van der Waals surface area contributed by atoms with Gasteiger partial charge in [0, 0.05) is 13.2 Å². The average Bonchev–Trinajstić information content (AvgIpc) is 2.25. The van der Waals surface area contributed by atoms with Crippen molar-refractivity contribution in [1.82, 2.24) is 4.90 Å². The van der Waals surface area contributed by atoms with Crippen LogP contribution in [0, 0.1) is 0 Å². The molecule has 1 heterocycles. The van der Waals surface area contributed by atoms with Crippen molar-refractivity contribution in [1.29, 1.82) is 0 Å². The molecule has 0 saturated heterocycles. The molecular weight excluding hydrogens is 268 g/mol. The van der Waals surface area contributed by atoms with Gasteiger partial charge in [-0.05, 0) is 6.92 Å². The van der Waals surface area contributed by atoms with E-state index in [0.29, 0.717) is 7.05 Å². The normalized spacial score (nSPS) is 29.8. The zero-order chi connectivity index (χ0) is 14.4. The Morgan fingerprint density at radius 1 is 1.33 bits per heavy atom. The van der Waals surface area contributed by atoms with Crippen molar-refractivity contribution < 1.29 is 35.9 Å². The van der Waals surface area contributed by atoms with E-state index in [1.54, 1.807) is 0 Å². The van der Waals surface area contributed by atoms with E-state index in [4.69, 9.17) is 0 Å². The topological polar surface area (TPSA) is 29.5 Å². The van der Waals surface area contributed by atoms with E-state index in [-0.39, 0.29) is 6.20 Å². The van der Waals surface area contributed by atoms with Gasteiger partial charge in [0.05, 0.1) is 6.61 Å². The number of ether oxygens (including phenoxy) is 1. The van der Waals surface area contributed by atoms with Gasteiger partial charge < -0.3 is 9.64 Å². The van der Waals surface area contributed by atoms with Crippen LogP contribution >= 0.6 is 0 Å². The van der Waals surface area contributed by atoms with Crippen molar-refractivity contribution in [2.24, 2.45) is 0 Å². The molecule has 0 unspecified atom stereocenters. The van der Waals surface area contributed by atoms with Crippen LogP contribution in [-0.2, 0) is 9.53 Å². The van der Waals surface area contributed by atoms with E-state index in [2.05, 4.69) is 4.74 Å². The molecule has 18 heavy (non-hydrogen) atoms. The van der Waals surface area contributed by atoms with E-state index >= 15 is 0 Å². The molecule has 0 amide bonds. The predicted molar refractivity (Wildman–Crippen MR) is 47.3 cm³/mol. The van der Waals surface area contributed by atoms with Gasteiger partial charge in [-0.25, -0.2) is 13.6 Å². The number of carbonyl (C=O) groups excluding carboxylic acids is 1. The fourth-order valence-electron chi connectivity index (χ4n) is 1.41. The summed E-state index contributed by atoms with van der Waals surface area (Å²) in [7, 11) is 0.461. The molecular formula is C9H9F6NO2. The Morgan fingerprint density at radius 3 is 2.28 bits per heavy atom. The fourth-order valence-corrected chi connectivity index (χ4v) is 1.41. The van der Waals surface area contributed by atoms with Gasteiger partial charge in [-0.2, -0.15) is 17.6 Å². The molecule has 3 nitrogen and oxygen atoms in total. The Kier molecular flexibility index (Phi) is 3.30. The zero-order valence-electron chi connectivity index (χ0n) is 9.32. The first-order valence-electron chi connectivity index (χ1n) is 4.76. The Balaban J connectivity index is 3.44. The molecule has 0 spiro atoms. The summed E-state index contributed by atoms with van der Waals surface area (Å²) in [5.74, 6) is -10.3. The summed E-state index contributed by atoms with van der Waals surface area (Å²) < 4.78 is 84.1. The SMILES string of the molecule is CCOC(=O)[C@@]1(F)C(F)(F)C(F)=CN(C)C1(F)F. The number of nitrogens with zero attached hydrogens (tertiary/aromatic N) is 1. The van der Waals surface area contributed by atoms with Crippen molar-refractivity contribution in [2.75, 3.05) is 13.7 Å². The second-order valence-corrected chi connectivity index (χ2v) is 3.58. The highest BCUT2D eigenvalue weighted by Crippen LogP contribution is 2.53. The van der Waals surface area contributed by atoms with Crippen molar-refractivity contribution in [2.45, 2.75) is 24.6 Å². The first-order valence-corrected chi connectivity index (χ1v) is 4.76. The third-order valence-electron chi connectivity index (χ3n) is 2.45. The van der Waals surface area contributed by atoms with E-state index in [1.165, 1.54) is 0 Å². The molecule has 0 aromatic carbocycles. The molecule has 1 aliphatic rings. The van der Waals surface area contributed by atoms with Crippen molar-refractivity contribution in [3.8, 4) is 0 Å². The van der Waals surface area contributed by atoms with Gasteiger partial charge in [0.15, 0.2) is 5.83 Å². The minimum atomic E-state index is -5.31. The van der Waals surface area contributed by atoms with Crippen molar-refractivity contribution in [3.05, 3.63) is 12.0 Å². The van der Waals surface area contributed by atoms with Crippen LogP contribution in [-0.4, -0.2) is 42.2 Å². The Morgan fingerprint density at radius 2 is 1.83 bits per heavy atom. The average molecular weight is 277 g/mol. The molecule has 0 aromatic rings. The van der Waals surface area contributed by atoms with E-state index in [9.17, 15) is 31.1 Å². The molecule has 1 aliphatic heterocycles. The van der Waals surface area contributed by atoms with E-state index < -0.39 is 40.9 Å². The number of halogens is 6. The van der Waals surface area contributed by atoms with E-state index in [0.717, 1.165) is 6.92 Å². The number of hydrogen-bond acceptors (Lipinski definition) is 3. The first-order chi connectivity index (χ1) is 8.03. The minimum Gasteiger partial charge on any atom is -0.463 e. The maximum absolute atomic E-state index is 13.9. The fraction of sp³-hybridized carbons (Fsp3) is 0.667. The Hall–Kier alpha value is -1.41. The summed E-state index contributed by atoms with van der Waals surface area (Å²) in [5.41, 5.74) is -5.12. The van der Waals surface area contributed by atoms with Crippen molar-refractivity contribution >= 4 is 5.97 Å². The monoisotopic (exact) mass is 277 g/mol. The summed E-state index contributed by atoms with van der Waals surface area (Å²) in [4.78, 5) is 10.6. The van der Waals surface area contributed by atoms with Crippen molar-refractivity contribution in [3.63, 3.8) is 0 Å². The second-order valence-electron chi connectivity index (χ2n) is 3.58. The van der Waals surface area contributed by atoms with Gasteiger partial charge in [-0.15, -0.1) is 0 Å². The van der Waals surface area contributed by atoms with Gasteiger partial charge in [-0.3, -0.25) is 0 Å². The summed E-state index contributed by atoms with van der Waals surface area (Å²) in [5, 5.41) is 0. The lowest BCUT2D eigenvalue weighted by molar-refractivity contribution is -0.292. The van der Waals surface area contributed by atoms with Crippen LogP contribution in [0.2, 0.25) is 0 Å². The number of carbonyl (C=O) groups is 1. The molecule has 0 fully saturated rings. The second kappa shape index (κ2) is 4.06. The number of esters is 1. The smallest absolute Gasteiger partial charge is 0.376 e. The maximum Gasteiger partial charge on any atom is 0.376 e. The molecule has 1 rings (SSSR count). The van der Waals surface area contributed by atoms with Crippen LogP contribution in [0.5, 0.6) is 0 Å². The molecule has 0 bridgehead atoms. The van der Waals surface area contributed by atoms with Gasteiger partial charge in [0.1, 0.15) is 0 Å². The number of allylic oxidation sites excluding steroid dienone is 1.